The van der Waals surface area contributed by atoms with Crippen molar-refractivity contribution in [2.24, 2.45) is 0 Å². The molecule has 0 unspecified atom stereocenters. The van der Waals surface area contributed by atoms with Crippen molar-refractivity contribution in [3.8, 4) is 0 Å². The highest BCUT2D eigenvalue weighted by atomic mass is 79.9. The standard InChI is InChI=1S/C28H28ClN2S.BrH/c1-31(2,20-21-12-13-22-8-3-4-9-23(22)18-21)17-7-16-30-25-10-5-6-11-27(25)32-28-15-14-24(29)19-26(28)30;/h3-6,8-15,18-19H,7,16-17,20H2,1-2H3;1H/q+1;/p-1. The van der Waals surface area contributed by atoms with Crippen LogP contribution in [0, 0.1) is 0 Å². The fourth-order valence-corrected chi connectivity index (χ4v) is 5.85. The van der Waals surface area contributed by atoms with Crippen molar-refractivity contribution in [3.63, 3.8) is 0 Å². The number of fused-ring (bicyclic) bond motifs is 3. The average Bonchev–Trinajstić information content (AvgIpc) is 2.78. The van der Waals surface area contributed by atoms with E-state index in [0.717, 1.165) is 35.6 Å². The highest BCUT2D eigenvalue weighted by Crippen LogP contribution is 2.48. The third kappa shape index (κ3) is 5.41. The van der Waals surface area contributed by atoms with E-state index in [-0.39, 0.29) is 17.0 Å². The lowest BCUT2D eigenvalue weighted by atomic mass is 10.1. The van der Waals surface area contributed by atoms with Gasteiger partial charge in [0.05, 0.1) is 32.0 Å². The van der Waals surface area contributed by atoms with Gasteiger partial charge in [0.15, 0.2) is 0 Å². The third-order valence-electron chi connectivity index (χ3n) is 6.16. The monoisotopic (exact) mass is 538 g/mol. The van der Waals surface area contributed by atoms with Crippen LogP contribution in [0.3, 0.4) is 0 Å². The van der Waals surface area contributed by atoms with Crippen LogP contribution >= 0.6 is 23.4 Å². The summed E-state index contributed by atoms with van der Waals surface area (Å²) in [6, 6.07) is 30.4. The Morgan fingerprint density at radius 1 is 0.788 bits per heavy atom. The van der Waals surface area contributed by atoms with Crippen LogP contribution in [0.5, 0.6) is 0 Å². The van der Waals surface area contributed by atoms with Crippen LogP contribution in [0.25, 0.3) is 10.8 Å². The van der Waals surface area contributed by atoms with E-state index in [0.29, 0.717) is 0 Å². The maximum Gasteiger partial charge on any atom is 0.104 e. The van der Waals surface area contributed by atoms with Crippen molar-refractivity contribution in [1.82, 2.24) is 0 Å². The first-order chi connectivity index (χ1) is 15.5. The molecule has 0 saturated carbocycles. The first kappa shape index (κ1) is 24.2. The van der Waals surface area contributed by atoms with Crippen LogP contribution in [0.2, 0.25) is 5.02 Å². The van der Waals surface area contributed by atoms with E-state index in [1.807, 2.05) is 17.8 Å². The molecule has 0 atom stereocenters. The molecule has 0 saturated heterocycles. The Bertz CT molecular complexity index is 1270. The Morgan fingerprint density at radius 2 is 1.52 bits per heavy atom. The summed E-state index contributed by atoms with van der Waals surface area (Å²) < 4.78 is 0.963. The Labute approximate surface area is 216 Å². The number of hydrogen-bond acceptors (Lipinski definition) is 2. The largest absolute Gasteiger partial charge is 1.00 e. The second-order valence-corrected chi connectivity index (χ2v) is 10.7. The zero-order chi connectivity index (χ0) is 22.1. The summed E-state index contributed by atoms with van der Waals surface area (Å²) in [6.45, 7) is 3.11. The van der Waals surface area contributed by atoms with Crippen molar-refractivity contribution < 1.29 is 21.5 Å². The molecule has 1 aliphatic rings. The molecule has 2 nitrogen and oxygen atoms in total. The minimum absolute atomic E-state index is 0. The van der Waals surface area contributed by atoms with Crippen LogP contribution < -0.4 is 21.9 Å². The van der Waals surface area contributed by atoms with Gasteiger partial charge in [-0.3, -0.25) is 0 Å². The van der Waals surface area contributed by atoms with E-state index in [1.165, 1.54) is 37.5 Å². The van der Waals surface area contributed by atoms with Gasteiger partial charge in [0, 0.05) is 33.3 Å². The maximum atomic E-state index is 6.37. The van der Waals surface area contributed by atoms with Crippen LogP contribution in [0.4, 0.5) is 11.4 Å². The van der Waals surface area contributed by atoms with E-state index in [9.17, 15) is 0 Å². The number of quaternary nitrogens is 1. The fourth-order valence-electron chi connectivity index (χ4n) is 4.61. The zero-order valence-corrected chi connectivity index (χ0v) is 22.1. The number of para-hydroxylation sites is 1. The summed E-state index contributed by atoms with van der Waals surface area (Å²) in [5.74, 6) is 0. The number of hydrogen-bond donors (Lipinski definition) is 0. The average molecular weight is 540 g/mol. The van der Waals surface area contributed by atoms with Gasteiger partial charge in [0.2, 0.25) is 0 Å². The molecule has 0 bridgehead atoms. The SMILES string of the molecule is C[N+](C)(CCCN1c2ccccc2Sc2ccc(Cl)cc21)Cc1ccc2ccccc2c1.[Br-]. The van der Waals surface area contributed by atoms with Crippen LogP contribution in [0.15, 0.2) is 94.7 Å². The quantitative estimate of drug-likeness (QED) is 0.325. The summed E-state index contributed by atoms with van der Waals surface area (Å²) in [6.07, 6.45) is 1.10. The molecule has 1 heterocycles. The minimum Gasteiger partial charge on any atom is -1.00 e. The Morgan fingerprint density at radius 3 is 2.36 bits per heavy atom. The molecule has 0 amide bonds. The predicted molar refractivity (Wildman–Crippen MR) is 138 cm³/mol. The molecule has 1 aliphatic heterocycles. The zero-order valence-electron chi connectivity index (χ0n) is 19.0. The number of halogens is 2. The van der Waals surface area contributed by atoms with Crippen LogP contribution in [-0.2, 0) is 6.54 Å². The number of rotatable bonds is 6. The van der Waals surface area contributed by atoms with Gasteiger partial charge < -0.3 is 26.4 Å². The number of nitrogens with zero attached hydrogens (tertiary/aromatic N) is 2. The van der Waals surface area contributed by atoms with Gasteiger partial charge in [0.1, 0.15) is 6.54 Å². The lowest BCUT2D eigenvalue weighted by molar-refractivity contribution is -0.903. The number of anilines is 2. The van der Waals surface area contributed by atoms with Gasteiger partial charge in [-0.15, -0.1) is 0 Å². The molecule has 5 heteroatoms. The lowest BCUT2D eigenvalue weighted by Gasteiger charge is -2.35. The molecule has 0 aliphatic carbocycles. The molecule has 0 spiro atoms. The third-order valence-corrected chi connectivity index (χ3v) is 7.52. The minimum atomic E-state index is 0. The van der Waals surface area contributed by atoms with Gasteiger partial charge >= 0.3 is 0 Å². The number of benzene rings is 4. The van der Waals surface area contributed by atoms with Crippen molar-refractivity contribution in [3.05, 3.63) is 95.5 Å². The fraction of sp³-hybridized carbons (Fsp3) is 0.214. The van der Waals surface area contributed by atoms with E-state index in [2.05, 4.69) is 97.9 Å². The maximum absolute atomic E-state index is 6.37. The molecule has 0 radical (unpaired) electrons. The van der Waals surface area contributed by atoms with Crippen LogP contribution in [-0.4, -0.2) is 31.7 Å². The summed E-state index contributed by atoms with van der Waals surface area (Å²) in [4.78, 5) is 5.04. The Kier molecular flexibility index (Phi) is 7.40. The molecular weight excluding hydrogens is 512 g/mol. The second-order valence-electron chi connectivity index (χ2n) is 9.19. The smallest absolute Gasteiger partial charge is 0.104 e. The summed E-state index contributed by atoms with van der Waals surface area (Å²) in [7, 11) is 4.67. The van der Waals surface area contributed by atoms with E-state index in [1.54, 1.807) is 0 Å². The molecule has 33 heavy (non-hydrogen) atoms. The molecule has 0 aromatic heterocycles. The Balaban J connectivity index is 0.00000259. The summed E-state index contributed by atoms with van der Waals surface area (Å²) >= 11 is 8.20. The van der Waals surface area contributed by atoms with E-state index in [4.69, 9.17) is 11.6 Å². The normalized spacial score (nSPS) is 12.8. The molecule has 4 aromatic carbocycles. The van der Waals surface area contributed by atoms with Crippen LogP contribution in [0.1, 0.15) is 12.0 Å². The van der Waals surface area contributed by atoms with Gasteiger partial charge in [-0.05, 0) is 47.2 Å². The van der Waals surface area contributed by atoms with Gasteiger partial charge in [-0.1, -0.05) is 71.9 Å². The van der Waals surface area contributed by atoms with Crippen molar-refractivity contribution in [1.29, 1.82) is 0 Å². The summed E-state index contributed by atoms with van der Waals surface area (Å²) in [5, 5.41) is 3.42. The van der Waals surface area contributed by atoms with Crippen molar-refractivity contribution in [2.45, 2.75) is 22.8 Å². The highest BCUT2D eigenvalue weighted by molar-refractivity contribution is 7.99. The molecule has 4 aromatic rings. The summed E-state index contributed by atoms with van der Waals surface area (Å²) in [5.41, 5.74) is 3.90. The molecule has 5 rings (SSSR count). The predicted octanol–water partition coefficient (Wildman–Crippen LogP) is 4.77. The van der Waals surface area contributed by atoms with E-state index >= 15 is 0 Å². The lowest BCUT2D eigenvalue weighted by Crippen LogP contribution is -3.00. The van der Waals surface area contributed by atoms with E-state index < -0.39 is 0 Å². The van der Waals surface area contributed by atoms with Crippen molar-refractivity contribution in [2.75, 3.05) is 32.1 Å². The first-order valence-electron chi connectivity index (χ1n) is 11.1. The van der Waals surface area contributed by atoms with Crippen molar-refractivity contribution >= 4 is 45.5 Å². The molecule has 0 fully saturated rings. The second kappa shape index (κ2) is 10.1. The highest BCUT2D eigenvalue weighted by Gasteiger charge is 2.24. The van der Waals surface area contributed by atoms with Gasteiger partial charge in [0.25, 0.3) is 0 Å². The topological polar surface area (TPSA) is 3.24 Å². The van der Waals surface area contributed by atoms with Gasteiger partial charge in [-0.2, -0.15) is 0 Å². The Hall–Kier alpha value is -1.98. The molecule has 170 valence electrons. The van der Waals surface area contributed by atoms with Gasteiger partial charge in [-0.25, -0.2) is 0 Å². The molecular formula is C28H28BrClN2S. The molecule has 0 N–H and O–H groups in total. The first-order valence-corrected chi connectivity index (χ1v) is 12.3.